The van der Waals surface area contributed by atoms with Crippen molar-refractivity contribution in [2.24, 2.45) is 0 Å². The summed E-state index contributed by atoms with van der Waals surface area (Å²) in [6.07, 6.45) is -4.40. The largest absolute Gasteiger partial charge is 0.394 e. The topological polar surface area (TPSA) is 129 Å². The van der Waals surface area contributed by atoms with Crippen molar-refractivity contribution >= 4 is 21.7 Å². The number of aliphatic hydroxyl groups is 3. The van der Waals surface area contributed by atoms with Crippen molar-refractivity contribution in [2.45, 2.75) is 24.4 Å². The van der Waals surface area contributed by atoms with Gasteiger partial charge in [-0.2, -0.15) is 0 Å². The third-order valence-corrected chi connectivity index (χ3v) is 3.85. The fourth-order valence-corrected chi connectivity index (χ4v) is 2.67. The fourth-order valence-electron chi connectivity index (χ4n) is 2.05. The standard InChI is InChI=1S/C10H11N3O5S/c14-1-3-4(15)5(16)6(18-3)8-12-9-7(10(17)13-8)19-2-11-9/h2-6,14-16H,1H2,(H,12,13,17)/t3-,4-,5-,6?/m1/s1. The van der Waals surface area contributed by atoms with Crippen LogP contribution in [0.3, 0.4) is 0 Å². The van der Waals surface area contributed by atoms with Gasteiger partial charge in [-0.3, -0.25) is 4.79 Å². The lowest BCUT2D eigenvalue weighted by atomic mass is 10.1. The number of nitrogens with zero attached hydrogens (tertiary/aromatic N) is 2. The first kappa shape index (κ1) is 12.6. The van der Waals surface area contributed by atoms with Crippen LogP contribution in [0.15, 0.2) is 10.3 Å². The molecule has 0 aromatic carbocycles. The van der Waals surface area contributed by atoms with E-state index in [1.165, 1.54) is 5.51 Å². The molecular weight excluding hydrogens is 274 g/mol. The van der Waals surface area contributed by atoms with Gasteiger partial charge in [-0.25, -0.2) is 9.97 Å². The van der Waals surface area contributed by atoms with Gasteiger partial charge in [-0.15, -0.1) is 11.3 Å². The molecular formula is C10H11N3O5S. The molecule has 8 nitrogen and oxygen atoms in total. The van der Waals surface area contributed by atoms with E-state index in [0.29, 0.717) is 4.70 Å². The Bertz CT molecular complexity index is 656. The zero-order chi connectivity index (χ0) is 13.6. The van der Waals surface area contributed by atoms with Crippen molar-refractivity contribution < 1.29 is 20.1 Å². The number of rotatable bonds is 2. The van der Waals surface area contributed by atoms with Gasteiger partial charge in [0.15, 0.2) is 5.65 Å². The fraction of sp³-hybridized carbons (Fsp3) is 0.500. The minimum Gasteiger partial charge on any atom is -0.394 e. The van der Waals surface area contributed by atoms with E-state index in [1.807, 2.05) is 0 Å². The molecule has 1 saturated heterocycles. The molecule has 0 amide bonds. The summed E-state index contributed by atoms with van der Waals surface area (Å²) in [4.78, 5) is 22.3. The lowest BCUT2D eigenvalue weighted by molar-refractivity contribution is -0.0252. The molecule has 1 aliphatic rings. The second-order valence-electron chi connectivity index (χ2n) is 4.22. The highest BCUT2D eigenvalue weighted by molar-refractivity contribution is 7.16. The van der Waals surface area contributed by atoms with Crippen LogP contribution in [-0.4, -0.2) is 55.2 Å². The SMILES string of the molecule is O=c1[nH]c(C2O[C@H](CO)[C@@H](O)[C@H]2O)nc2ncsc12. The van der Waals surface area contributed by atoms with Crippen LogP contribution in [0.25, 0.3) is 10.3 Å². The minimum absolute atomic E-state index is 0.0888. The summed E-state index contributed by atoms with van der Waals surface area (Å²) < 4.78 is 5.68. The van der Waals surface area contributed by atoms with E-state index < -0.39 is 31.0 Å². The normalized spacial score (nSPS) is 31.1. The maximum Gasteiger partial charge on any atom is 0.270 e. The number of ether oxygens (including phenoxy) is 1. The van der Waals surface area contributed by atoms with Gasteiger partial charge in [0.2, 0.25) is 0 Å². The second-order valence-corrected chi connectivity index (χ2v) is 5.07. The van der Waals surface area contributed by atoms with Crippen LogP contribution in [0.1, 0.15) is 11.9 Å². The molecule has 0 bridgehead atoms. The predicted octanol–water partition coefficient (Wildman–Crippen LogP) is -1.47. The molecule has 1 fully saturated rings. The number of hydrogen-bond donors (Lipinski definition) is 4. The van der Waals surface area contributed by atoms with Crippen molar-refractivity contribution in [1.29, 1.82) is 0 Å². The van der Waals surface area contributed by atoms with E-state index in [0.717, 1.165) is 11.3 Å². The van der Waals surface area contributed by atoms with E-state index in [4.69, 9.17) is 9.84 Å². The molecule has 2 aromatic rings. The Morgan fingerprint density at radius 2 is 2.21 bits per heavy atom. The van der Waals surface area contributed by atoms with Gasteiger partial charge in [-0.1, -0.05) is 0 Å². The third kappa shape index (κ3) is 1.95. The Balaban J connectivity index is 2.03. The molecule has 1 aliphatic heterocycles. The van der Waals surface area contributed by atoms with Crippen molar-refractivity contribution in [3.05, 3.63) is 21.7 Å². The Morgan fingerprint density at radius 1 is 1.42 bits per heavy atom. The molecule has 4 N–H and O–H groups in total. The average molecular weight is 285 g/mol. The summed E-state index contributed by atoms with van der Waals surface area (Å²) in [7, 11) is 0. The number of fused-ring (bicyclic) bond motifs is 1. The first-order chi connectivity index (χ1) is 9.11. The summed E-state index contributed by atoms with van der Waals surface area (Å²) >= 11 is 1.16. The quantitative estimate of drug-likeness (QED) is 0.530. The number of H-pyrrole nitrogens is 1. The summed E-state index contributed by atoms with van der Waals surface area (Å²) in [5, 5.41) is 28.5. The molecule has 3 heterocycles. The van der Waals surface area contributed by atoms with Crippen LogP contribution in [0, 0.1) is 0 Å². The summed E-state index contributed by atoms with van der Waals surface area (Å²) in [5.41, 5.74) is 1.38. The third-order valence-electron chi connectivity index (χ3n) is 3.03. The molecule has 0 aliphatic carbocycles. The number of hydrogen-bond acceptors (Lipinski definition) is 8. The van der Waals surface area contributed by atoms with E-state index in [-0.39, 0.29) is 17.0 Å². The Hall–Kier alpha value is -1.39. The zero-order valence-electron chi connectivity index (χ0n) is 9.55. The van der Waals surface area contributed by atoms with Crippen molar-refractivity contribution in [1.82, 2.24) is 15.0 Å². The molecule has 0 radical (unpaired) electrons. The average Bonchev–Trinajstić information content (AvgIpc) is 2.96. The smallest absolute Gasteiger partial charge is 0.270 e. The summed E-state index contributed by atoms with van der Waals surface area (Å²) in [6.45, 7) is -0.433. The molecule has 3 rings (SSSR count). The Kier molecular flexibility index (Phi) is 3.07. The van der Waals surface area contributed by atoms with Crippen molar-refractivity contribution in [3.8, 4) is 0 Å². The van der Waals surface area contributed by atoms with Crippen LogP contribution >= 0.6 is 11.3 Å². The monoisotopic (exact) mass is 285 g/mol. The van der Waals surface area contributed by atoms with Crippen LogP contribution in [0.2, 0.25) is 0 Å². The molecule has 4 atom stereocenters. The maximum atomic E-state index is 11.8. The molecule has 1 unspecified atom stereocenters. The highest BCUT2D eigenvalue weighted by Crippen LogP contribution is 2.31. The van der Waals surface area contributed by atoms with Gasteiger partial charge >= 0.3 is 0 Å². The van der Waals surface area contributed by atoms with Crippen LogP contribution < -0.4 is 5.56 Å². The van der Waals surface area contributed by atoms with Crippen LogP contribution in [0.4, 0.5) is 0 Å². The molecule has 102 valence electrons. The van der Waals surface area contributed by atoms with Gasteiger partial charge in [0.05, 0.1) is 12.1 Å². The number of aliphatic hydroxyl groups excluding tert-OH is 3. The molecule has 0 saturated carbocycles. The number of aromatic nitrogens is 3. The van der Waals surface area contributed by atoms with Gasteiger partial charge in [-0.05, 0) is 0 Å². The highest BCUT2D eigenvalue weighted by Gasteiger charge is 2.44. The highest BCUT2D eigenvalue weighted by atomic mass is 32.1. The van der Waals surface area contributed by atoms with Crippen LogP contribution in [0.5, 0.6) is 0 Å². The molecule has 2 aromatic heterocycles. The predicted molar refractivity (Wildman–Crippen MR) is 64.7 cm³/mol. The molecule has 0 spiro atoms. The summed E-state index contributed by atoms with van der Waals surface area (Å²) in [5.74, 6) is 0.0888. The lowest BCUT2D eigenvalue weighted by Gasteiger charge is -2.13. The Morgan fingerprint density at radius 3 is 2.89 bits per heavy atom. The second kappa shape index (κ2) is 4.62. The minimum atomic E-state index is -1.27. The summed E-state index contributed by atoms with van der Waals surface area (Å²) in [6, 6.07) is 0. The zero-order valence-corrected chi connectivity index (χ0v) is 10.4. The maximum absolute atomic E-state index is 11.8. The number of thiazole rings is 1. The van der Waals surface area contributed by atoms with Gasteiger partial charge in [0.1, 0.15) is 34.9 Å². The molecule has 19 heavy (non-hydrogen) atoms. The van der Waals surface area contributed by atoms with E-state index >= 15 is 0 Å². The van der Waals surface area contributed by atoms with Crippen LogP contribution in [-0.2, 0) is 4.74 Å². The first-order valence-electron chi connectivity index (χ1n) is 5.57. The van der Waals surface area contributed by atoms with Gasteiger partial charge in [0, 0.05) is 0 Å². The lowest BCUT2D eigenvalue weighted by Crippen LogP contribution is -2.32. The van der Waals surface area contributed by atoms with Gasteiger partial charge in [0.25, 0.3) is 5.56 Å². The van der Waals surface area contributed by atoms with E-state index in [9.17, 15) is 15.0 Å². The number of nitrogens with one attached hydrogen (secondary N) is 1. The van der Waals surface area contributed by atoms with E-state index in [2.05, 4.69) is 15.0 Å². The van der Waals surface area contributed by atoms with Crippen molar-refractivity contribution in [2.75, 3.05) is 6.61 Å². The first-order valence-corrected chi connectivity index (χ1v) is 6.45. The van der Waals surface area contributed by atoms with Gasteiger partial charge < -0.3 is 25.0 Å². The Labute approximate surface area is 110 Å². The molecule has 9 heteroatoms. The van der Waals surface area contributed by atoms with Crippen molar-refractivity contribution in [3.63, 3.8) is 0 Å². The number of aromatic amines is 1. The van der Waals surface area contributed by atoms with E-state index in [1.54, 1.807) is 0 Å².